The number of aliphatic hydroxyl groups is 2. The van der Waals surface area contributed by atoms with Crippen LogP contribution in [0.3, 0.4) is 0 Å². The van der Waals surface area contributed by atoms with Gasteiger partial charge < -0.3 is 10.2 Å². The summed E-state index contributed by atoms with van der Waals surface area (Å²) in [5.41, 5.74) is -1.27. The summed E-state index contributed by atoms with van der Waals surface area (Å²) in [6, 6.07) is 6.07. The standard InChI is InChI=1S/C10H14BrNO4S/c1-10(6-13,7-14)12-17(15,16)9-4-2-8(11)3-5-9/h2-5,12-14H,6-7H2,1H3. The maximum atomic E-state index is 11.9. The Morgan fingerprint density at radius 3 is 2.12 bits per heavy atom. The molecule has 0 fully saturated rings. The lowest BCUT2D eigenvalue weighted by molar-refractivity contribution is 0.122. The summed E-state index contributed by atoms with van der Waals surface area (Å²) >= 11 is 3.21. The predicted octanol–water partition coefficient (Wildman–Crippen LogP) is 0.471. The summed E-state index contributed by atoms with van der Waals surface area (Å²) in [5, 5.41) is 18.1. The Kier molecular flexibility index (Phi) is 4.68. The van der Waals surface area contributed by atoms with E-state index in [1.54, 1.807) is 12.1 Å². The van der Waals surface area contributed by atoms with Gasteiger partial charge in [0.1, 0.15) is 0 Å². The molecule has 3 N–H and O–H groups in total. The third-order valence-electron chi connectivity index (χ3n) is 2.20. The molecule has 0 aliphatic carbocycles. The molecule has 0 atom stereocenters. The zero-order valence-electron chi connectivity index (χ0n) is 9.22. The summed E-state index contributed by atoms with van der Waals surface area (Å²) in [5.74, 6) is 0. The molecule has 0 aliphatic rings. The van der Waals surface area contributed by atoms with Crippen LogP contribution in [0.1, 0.15) is 6.92 Å². The molecule has 0 aromatic heterocycles. The van der Waals surface area contributed by atoms with Crippen molar-refractivity contribution in [1.82, 2.24) is 4.72 Å². The fraction of sp³-hybridized carbons (Fsp3) is 0.400. The van der Waals surface area contributed by atoms with Crippen molar-refractivity contribution in [3.63, 3.8) is 0 Å². The molecule has 1 aromatic carbocycles. The molecule has 96 valence electrons. The van der Waals surface area contributed by atoms with E-state index in [9.17, 15) is 8.42 Å². The number of hydrogen-bond donors (Lipinski definition) is 3. The van der Waals surface area contributed by atoms with E-state index in [4.69, 9.17) is 10.2 Å². The molecule has 1 aromatic rings. The number of halogens is 1. The largest absolute Gasteiger partial charge is 0.394 e. The average molecular weight is 324 g/mol. The first kappa shape index (κ1) is 14.6. The molecule has 0 aliphatic heterocycles. The van der Waals surface area contributed by atoms with Crippen molar-refractivity contribution in [1.29, 1.82) is 0 Å². The second kappa shape index (κ2) is 5.45. The van der Waals surface area contributed by atoms with Gasteiger partial charge in [-0.1, -0.05) is 15.9 Å². The van der Waals surface area contributed by atoms with Crippen molar-refractivity contribution in [2.24, 2.45) is 0 Å². The Morgan fingerprint density at radius 2 is 1.71 bits per heavy atom. The maximum Gasteiger partial charge on any atom is 0.241 e. The van der Waals surface area contributed by atoms with Crippen LogP contribution in [0.4, 0.5) is 0 Å². The molecule has 0 bridgehead atoms. The third kappa shape index (κ3) is 3.75. The minimum Gasteiger partial charge on any atom is -0.394 e. The van der Waals surface area contributed by atoms with Crippen LogP contribution in [0, 0.1) is 0 Å². The molecule has 0 spiro atoms. The first-order valence-corrected chi connectivity index (χ1v) is 7.12. The van der Waals surface area contributed by atoms with Crippen molar-refractivity contribution in [3.8, 4) is 0 Å². The summed E-state index contributed by atoms with van der Waals surface area (Å²) < 4.78 is 26.9. The number of benzene rings is 1. The topological polar surface area (TPSA) is 86.6 Å². The van der Waals surface area contributed by atoms with E-state index in [0.717, 1.165) is 4.47 Å². The van der Waals surface area contributed by atoms with Gasteiger partial charge in [0.2, 0.25) is 10.0 Å². The number of rotatable bonds is 5. The number of hydrogen-bond acceptors (Lipinski definition) is 4. The van der Waals surface area contributed by atoms with Gasteiger partial charge in [-0.25, -0.2) is 13.1 Å². The smallest absolute Gasteiger partial charge is 0.241 e. The lowest BCUT2D eigenvalue weighted by Crippen LogP contribution is -2.51. The van der Waals surface area contributed by atoms with Crippen LogP contribution in [-0.4, -0.2) is 37.4 Å². The van der Waals surface area contributed by atoms with E-state index in [1.165, 1.54) is 19.1 Å². The molecule has 0 saturated carbocycles. The van der Waals surface area contributed by atoms with Crippen LogP contribution in [-0.2, 0) is 10.0 Å². The van der Waals surface area contributed by atoms with Gasteiger partial charge in [0, 0.05) is 4.47 Å². The highest BCUT2D eigenvalue weighted by Gasteiger charge is 2.29. The minimum absolute atomic E-state index is 0.0776. The Bertz CT molecular complexity index is 468. The van der Waals surface area contributed by atoms with Gasteiger partial charge in [-0.05, 0) is 31.2 Å². The first-order chi connectivity index (χ1) is 7.83. The zero-order valence-corrected chi connectivity index (χ0v) is 11.6. The second-order valence-corrected chi connectivity index (χ2v) is 6.53. The van der Waals surface area contributed by atoms with Crippen molar-refractivity contribution in [2.45, 2.75) is 17.4 Å². The lowest BCUT2D eigenvalue weighted by Gasteiger charge is -2.25. The molecular formula is C10H14BrNO4S. The van der Waals surface area contributed by atoms with Crippen molar-refractivity contribution in [2.75, 3.05) is 13.2 Å². The van der Waals surface area contributed by atoms with Crippen LogP contribution >= 0.6 is 15.9 Å². The first-order valence-electron chi connectivity index (χ1n) is 4.84. The van der Waals surface area contributed by atoms with Gasteiger partial charge in [0.05, 0.1) is 23.6 Å². The Hall–Kier alpha value is -0.470. The predicted molar refractivity (Wildman–Crippen MR) is 67.0 cm³/mol. The Balaban J connectivity index is 3.00. The summed E-state index contributed by atoms with van der Waals surface area (Å²) in [6.45, 7) is 0.446. The maximum absolute atomic E-state index is 11.9. The highest BCUT2D eigenvalue weighted by molar-refractivity contribution is 9.10. The SMILES string of the molecule is CC(CO)(CO)NS(=O)(=O)c1ccc(Br)cc1. The Labute approximate surface area is 109 Å². The van der Waals surface area contributed by atoms with Crippen molar-refractivity contribution < 1.29 is 18.6 Å². The molecular weight excluding hydrogens is 310 g/mol. The van der Waals surface area contributed by atoms with E-state index < -0.39 is 28.8 Å². The van der Waals surface area contributed by atoms with Crippen LogP contribution < -0.4 is 4.72 Å². The Morgan fingerprint density at radius 1 is 1.24 bits per heavy atom. The quantitative estimate of drug-likeness (QED) is 0.735. The summed E-state index contributed by atoms with van der Waals surface area (Å²) in [4.78, 5) is 0.0776. The van der Waals surface area contributed by atoms with Crippen molar-refractivity contribution >= 4 is 26.0 Å². The van der Waals surface area contributed by atoms with Crippen molar-refractivity contribution in [3.05, 3.63) is 28.7 Å². The highest BCUT2D eigenvalue weighted by Crippen LogP contribution is 2.16. The van der Waals surface area contributed by atoms with Gasteiger partial charge in [-0.3, -0.25) is 0 Å². The molecule has 0 saturated heterocycles. The average Bonchev–Trinajstić information content (AvgIpc) is 2.29. The van der Waals surface area contributed by atoms with Gasteiger partial charge in [0.25, 0.3) is 0 Å². The normalized spacial score (nSPS) is 12.7. The highest BCUT2D eigenvalue weighted by atomic mass is 79.9. The number of sulfonamides is 1. The molecule has 7 heteroatoms. The summed E-state index contributed by atoms with van der Waals surface area (Å²) in [7, 11) is -3.75. The third-order valence-corrected chi connectivity index (χ3v) is 4.39. The van der Waals surface area contributed by atoms with Gasteiger partial charge in [-0.2, -0.15) is 0 Å². The van der Waals surface area contributed by atoms with E-state index in [2.05, 4.69) is 20.7 Å². The van der Waals surface area contributed by atoms with Crippen LogP contribution in [0.5, 0.6) is 0 Å². The number of aliphatic hydroxyl groups excluding tert-OH is 2. The molecule has 0 radical (unpaired) electrons. The molecule has 5 nitrogen and oxygen atoms in total. The lowest BCUT2D eigenvalue weighted by atomic mass is 10.1. The van der Waals surface area contributed by atoms with E-state index in [1.807, 2.05) is 0 Å². The van der Waals surface area contributed by atoms with Crippen LogP contribution in [0.2, 0.25) is 0 Å². The molecule has 0 unspecified atom stereocenters. The fourth-order valence-corrected chi connectivity index (χ4v) is 2.77. The monoisotopic (exact) mass is 323 g/mol. The zero-order chi connectivity index (χ0) is 13.1. The van der Waals surface area contributed by atoms with E-state index in [0.29, 0.717) is 0 Å². The van der Waals surface area contributed by atoms with Gasteiger partial charge >= 0.3 is 0 Å². The molecule has 0 amide bonds. The fourth-order valence-electron chi connectivity index (χ4n) is 1.11. The van der Waals surface area contributed by atoms with Crippen LogP contribution in [0.15, 0.2) is 33.6 Å². The van der Waals surface area contributed by atoms with Gasteiger partial charge in [-0.15, -0.1) is 0 Å². The van der Waals surface area contributed by atoms with E-state index in [-0.39, 0.29) is 4.90 Å². The number of nitrogens with one attached hydrogen (secondary N) is 1. The van der Waals surface area contributed by atoms with E-state index >= 15 is 0 Å². The second-order valence-electron chi connectivity index (χ2n) is 3.94. The molecule has 17 heavy (non-hydrogen) atoms. The van der Waals surface area contributed by atoms with Crippen LogP contribution in [0.25, 0.3) is 0 Å². The van der Waals surface area contributed by atoms with Gasteiger partial charge in [0.15, 0.2) is 0 Å². The summed E-state index contributed by atoms with van der Waals surface area (Å²) in [6.07, 6.45) is 0. The minimum atomic E-state index is -3.75. The molecule has 0 heterocycles. The molecule has 1 rings (SSSR count).